The standard InChI is InChI=1S/C18H24N2O2/c1-13-5-7-15-9-14(6-8-16(15)19-13)10-20(11-17(21)22)12-18(2,3)4/h5-9H,10-12H2,1-4H3,(H,21,22). The van der Waals surface area contributed by atoms with E-state index < -0.39 is 5.97 Å². The number of carboxylic acid groups (broad SMARTS) is 1. The summed E-state index contributed by atoms with van der Waals surface area (Å²) >= 11 is 0. The van der Waals surface area contributed by atoms with Crippen LogP contribution in [0, 0.1) is 12.3 Å². The normalized spacial score (nSPS) is 12.0. The van der Waals surface area contributed by atoms with E-state index in [-0.39, 0.29) is 12.0 Å². The highest BCUT2D eigenvalue weighted by Crippen LogP contribution is 2.19. The minimum atomic E-state index is -0.790. The Morgan fingerprint density at radius 2 is 1.95 bits per heavy atom. The predicted molar refractivity (Wildman–Crippen MR) is 88.8 cm³/mol. The molecule has 4 nitrogen and oxygen atoms in total. The van der Waals surface area contributed by atoms with Gasteiger partial charge in [0, 0.05) is 24.2 Å². The number of hydrogen-bond acceptors (Lipinski definition) is 3. The molecule has 1 heterocycles. The lowest BCUT2D eigenvalue weighted by Crippen LogP contribution is -2.36. The van der Waals surface area contributed by atoms with Crippen LogP contribution in [-0.2, 0) is 11.3 Å². The number of pyridine rings is 1. The first-order valence-corrected chi connectivity index (χ1v) is 7.53. The van der Waals surface area contributed by atoms with E-state index >= 15 is 0 Å². The highest BCUT2D eigenvalue weighted by molar-refractivity contribution is 5.79. The Balaban J connectivity index is 2.21. The summed E-state index contributed by atoms with van der Waals surface area (Å²) in [5.74, 6) is -0.790. The van der Waals surface area contributed by atoms with Crippen molar-refractivity contribution in [3.63, 3.8) is 0 Å². The Morgan fingerprint density at radius 1 is 1.23 bits per heavy atom. The van der Waals surface area contributed by atoms with Crippen LogP contribution in [0.25, 0.3) is 10.9 Å². The molecule has 1 N–H and O–H groups in total. The van der Waals surface area contributed by atoms with Gasteiger partial charge in [0.25, 0.3) is 0 Å². The Morgan fingerprint density at radius 3 is 2.59 bits per heavy atom. The van der Waals surface area contributed by atoms with Crippen LogP contribution in [0.1, 0.15) is 32.0 Å². The molecule has 0 atom stereocenters. The van der Waals surface area contributed by atoms with Gasteiger partial charge < -0.3 is 5.11 Å². The highest BCUT2D eigenvalue weighted by Gasteiger charge is 2.18. The molecule has 2 aromatic rings. The van der Waals surface area contributed by atoms with E-state index in [0.29, 0.717) is 6.54 Å². The van der Waals surface area contributed by atoms with Crippen LogP contribution in [0.15, 0.2) is 30.3 Å². The van der Waals surface area contributed by atoms with Crippen molar-refractivity contribution in [2.75, 3.05) is 13.1 Å². The summed E-state index contributed by atoms with van der Waals surface area (Å²) in [6, 6.07) is 10.2. The van der Waals surface area contributed by atoms with Crippen LogP contribution in [0.2, 0.25) is 0 Å². The summed E-state index contributed by atoms with van der Waals surface area (Å²) in [4.78, 5) is 17.6. The fraction of sp³-hybridized carbons (Fsp3) is 0.444. The molecule has 4 heteroatoms. The van der Waals surface area contributed by atoms with Crippen LogP contribution in [-0.4, -0.2) is 34.0 Å². The Hall–Kier alpha value is -1.94. The van der Waals surface area contributed by atoms with Gasteiger partial charge in [-0.05, 0) is 36.1 Å². The third-order valence-corrected chi connectivity index (χ3v) is 3.36. The summed E-state index contributed by atoms with van der Waals surface area (Å²) < 4.78 is 0. The molecule has 0 saturated carbocycles. The van der Waals surface area contributed by atoms with Crippen molar-refractivity contribution in [2.45, 2.75) is 34.2 Å². The number of nitrogens with zero attached hydrogens (tertiary/aromatic N) is 2. The lowest BCUT2D eigenvalue weighted by Gasteiger charge is -2.28. The van der Waals surface area contributed by atoms with Crippen LogP contribution in [0.4, 0.5) is 0 Å². The molecule has 0 fully saturated rings. The first-order valence-electron chi connectivity index (χ1n) is 7.53. The van der Waals surface area contributed by atoms with Crippen molar-refractivity contribution in [2.24, 2.45) is 5.41 Å². The number of fused-ring (bicyclic) bond motifs is 1. The van der Waals surface area contributed by atoms with Gasteiger partial charge in [-0.3, -0.25) is 14.7 Å². The number of hydrogen-bond donors (Lipinski definition) is 1. The van der Waals surface area contributed by atoms with Crippen LogP contribution >= 0.6 is 0 Å². The molecule has 118 valence electrons. The molecule has 2 rings (SSSR count). The van der Waals surface area contributed by atoms with Crippen LogP contribution in [0.5, 0.6) is 0 Å². The molecular formula is C18H24N2O2. The Kier molecular flexibility index (Phi) is 4.81. The largest absolute Gasteiger partial charge is 0.480 e. The van der Waals surface area contributed by atoms with E-state index in [1.165, 1.54) is 0 Å². The first-order chi connectivity index (χ1) is 10.2. The fourth-order valence-corrected chi connectivity index (χ4v) is 2.66. The third kappa shape index (κ3) is 4.81. The second-order valence-corrected chi connectivity index (χ2v) is 7.08. The summed E-state index contributed by atoms with van der Waals surface area (Å²) in [5.41, 5.74) is 3.15. The molecule has 22 heavy (non-hydrogen) atoms. The highest BCUT2D eigenvalue weighted by atomic mass is 16.4. The van der Waals surface area contributed by atoms with Gasteiger partial charge >= 0.3 is 5.97 Å². The molecule has 0 aliphatic carbocycles. The molecule has 0 bridgehead atoms. The maximum Gasteiger partial charge on any atom is 0.317 e. The lowest BCUT2D eigenvalue weighted by molar-refractivity contribution is -0.138. The quantitative estimate of drug-likeness (QED) is 0.918. The molecule has 0 aliphatic heterocycles. The van der Waals surface area contributed by atoms with Crippen molar-refractivity contribution in [3.8, 4) is 0 Å². The predicted octanol–water partition coefficient (Wildman–Crippen LogP) is 3.48. The minimum Gasteiger partial charge on any atom is -0.480 e. The van der Waals surface area contributed by atoms with Crippen molar-refractivity contribution in [3.05, 3.63) is 41.6 Å². The van der Waals surface area contributed by atoms with Crippen molar-refractivity contribution < 1.29 is 9.90 Å². The molecule has 0 saturated heterocycles. The van der Waals surface area contributed by atoms with Gasteiger partial charge in [-0.15, -0.1) is 0 Å². The van der Waals surface area contributed by atoms with E-state index in [9.17, 15) is 4.79 Å². The maximum absolute atomic E-state index is 11.1. The number of rotatable bonds is 5. The zero-order valence-electron chi connectivity index (χ0n) is 13.8. The number of aryl methyl sites for hydroxylation is 1. The fourth-order valence-electron chi connectivity index (χ4n) is 2.66. The van der Waals surface area contributed by atoms with Crippen LogP contribution < -0.4 is 0 Å². The number of carboxylic acids is 1. The van der Waals surface area contributed by atoms with Gasteiger partial charge in [0.1, 0.15) is 0 Å². The van der Waals surface area contributed by atoms with Crippen molar-refractivity contribution in [1.82, 2.24) is 9.88 Å². The third-order valence-electron chi connectivity index (χ3n) is 3.36. The lowest BCUT2D eigenvalue weighted by atomic mass is 9.95. The summed E-state index contributed by atoms with van der Waals surface area (Å²) in [6.07, 6.45) is 0. The topological polar surface area (TPSA) is 53.4 Å². The summed E-state index contributed by atoms with van der Waals surface area (Å²) in [7, 11) is 0. The molecule has 1 aromatic heterocycles. The van der Waals surface area contributed by atoms with Crippen LogP contribution in [0.3, 0.4) is 0 Å². The SMILES string of the molecule is Cc1ccc2cc(CN(CC(=O)O)CC(C)(C)C)ccc2n1. The zero-order valence-corrected chi connectivity index (χ0v) is 13.8. The average Bonchev–Trinajstić information content (AvgIpc) is 2.36. The molecule has 0 aliphatic rings. The van der Waals surface area contributed by atoms with E-state index in [0.717, 1.165) is 28.7 Å². The molecule has 0 spiro atoms. The molecule has 0 radical (unpaired) electrons. The van der Waals surface area contributed by atoms with E-state index in [4.69, 9.17) is 5.11 Å². The van der Waals surface area contributed by atoms with Crippen molar-refractivity contribution >= 4 is 16.9 Å². The average molecular weight is 300 g/mol. The number of aliphatic carboxylic acids is 1. The summed E-state index contributed by atoms with van der Waals surface area (Å²) in [5, 5.41) is 10.2. The molecule has 0 amide bonds. The van der Waals surface area contributed by atoms with Gasteiger partial charge in [0.2, 0.25) is 0 Å². The Bertz CT molecular complexity index is 674. The smallest absolute Gasteiger partial charge is 0.317 e. The van der Waals surface area contributed by atoms with Gasteiger partial charge in [0.15, 0.2) is 0 Å². The number of carbonyl (C=O) groups is 1. The zero-order chi connectivity index (χ0) is 16.3. The van der Waals surface area contributed by atoms with Gasteiger partial charge in [-0.25, -0.2) is 0 Å². The summed E-state index contributed by atoms with van der Waals surface area (Å²) in [6.45, 7) is 9.77. The molecule has 1 aromatic carbocycles. The first kappa shape index (κ1) is 16.4. The van der Waals surface area contributed by atoms with Gasteiger partial charge in [-0.2, -0.15) is 0 Å². The number of aromatic nitrogens is 1. The van der Waals surface area contributed by atoms with Gasteiger partial charge in [-0.1, -0.05) is 32.9 Å². The number of benzene rings is 1. The minimum absolute atomic E-state index is 0.0570. The van der Waals surface area contributed by atoms with E-state index in [2.05, 4.69) is 37.9 Å². The molecular weight excluding hydrogens is 276 g/mol. The Labute approximate surface area is 131 Å². The van der Waals surface area contributed by atoms with E-state index in [1.54, 1.807) is 0 Å². The second-order valence-electron chi connectivity index (χ2n) is 7.08. The van der Waals surface area contributed by atoms with Crippen molar-refractivity contribution in [1.29, 1.82) is 0 Å². The van der Waals surface area contributed by atoms with E-state index in [1.807, 2.05) is 30.0 Å². The monoisotopic (exact) mass is 300 g/mol. The maximum atomic E-state index is 11.1. The second kappa shape index (κ2) is 6.44. The van der Waals surface area contributed by atoms with Gasteiger partial charge in [0.05, 0.1) is 12.1 Å². The molecule has 0 unspecified atom stereocenters.